The van der Waals surface area contributed by atoms with Crippen LogP contribution < -0.4 is 5.32 Å². The van der Waals surface area contributed by atoms with Crippen LogP contribution in [-0.2, 0) is 16.6 Å². The fourth-order valence-corrected chi connectivity index (χ4v) is 2.76. The summed E-state index contributed by atoms with van der Waals surface area (Å²) in [5.74, 6) is -0.845. The van der Waals surface area contributed by atoms with E-state index >= 15 is 0 Å². The molecule has 1 aliphatic rings. The number of carboxylic acids is 1. The van der Waals surface area contributed by atoms with Gasteiger partial charge in [0.1, 0.15) is 6.33 Å². The van der Waals surface area contributed by atoms with Crippen molar-refractivity contribution < 1.29 is 14.7 Å². The number of carboxylic acid groups (broad SMARTS) is 1. The quantitative estimate of drug-likeness (QED) is 0.816. The molecule has 0 aromatic carbocycles. The van der Waals surface area contributed by atoms with Crippen LogP contribution in [0.1, 0.15) is 44.9 Å². The largest absolute Gasteiger partial charge is 0.481 e. The first-order valence-electron chi connectivity index (χ1n) is 6.91. The molecule has 2 rings (SSSR count). The Labute approximate surface area is 117 Å². The average Bonchev–Trinajstić information content (AvgIpc) is 2.66. The lowest BCUT2D eigenvalue weighted by molar-refractivity contribution is -0.152. The van der Waals surface area contributed by atoms with Crippen LogP contribution in [0.3, 0.4) is 0 Å². The molecule has 0 saturated heterocycles. The number of amides is 1. The Balaban J connectivity index is 2.06. The number of nitrogens with zero attached hydrogens (tertiary/aromatic N) is 3. The molecule has 1 fully saturated rings. The molecular weight excluding hydrogens is 260 g/mol. The minimum atomic E-state index is -0.931. The summed E-state index contributed by atoms with van der Waals surface area (Å²) in [7, 11) is 1.67. The zero-order valence-corrected chi connectivity index (χ0v) is 11.6. The molecule has 1 heterocycles. The van der Waals surface area contributed by atoms with Crippen LogP contribution in [0.4, 0.5) is 5.95 Å². The molecule has 20 heavy (non-hydrogen) atoms. The van der Waals surface area contributed by atoms with E-state index in [1.54, 1.807) is 7.05 Å². The number of anilines is 1. The summed E-state index contributed by atoms with van der Waals surface area (Å²) in [6, 6.07) is 0. The Kier molecular flexibility index (Phi) is 4.36. The maximum Gasteiger partial charge on any atom is 0.310 e. The first-order valence-corrected chi connectivity index (χ1v) is 6.91. The third-order valence-corrected chi connectivity index (χ3v) is 3.98. The number of rotatable bonds is 4. The van der Waals surface area contributed by atoms with Gasteiger partial charge in [-0.3, -0.25) is 14.9 Å². The predicted octanol–water partition coefficient (Wildman–Crippen LogP) is 1.57. The van der Waals surface area contributed by atoms with E-state index in [1.165, 1.54) is 11.0 Å². The summed E-state index contributed by atoms with van der Waals surface area (Å²) in [6.07, 6.45) is 6.28. The SMILES string of the molecule is Cn1ncnc1NC(=O)CC1(C(=O)O)CCCCCC1. The highest BCUT2D eigenvalue weighted by molar-refractivity contribution is 5.93. The van der Waals surface area contributed by atoms with Gasteiger partial charge in [0.05, 0.1) is 5.41 Å². The minimum Gasteiger partial charge on any atom is -0.481 e. The van der Waals surface area contributed by atoms with Crippen LogP contribution >= 0.6 is 0 Å². The lowest BCUT2D eigenvalue weighted by Crippen LogP contribution is -2.35. The average molecular weight is 280 g/mol. The van der Waals surface area contributed by atoms with Crippen LogP contribution in [0.5, 0.6) is 0 Å². The van der Waals surface area contributed by atoms with Gasteiger partial charge < -0.3 is 5.11 Å². The third kappa shape index (κ3) is 3.15. The number of aliphatic carboxylic acids is 1. The smallest absolute Gasteiger partial charge is 0.310 e. The van der Waals surface area contributed by atoms with E-state index < -0.39 is 11.4 Å². The normalized spacial score (nSPS) is 18.2. The molecule has 7 nitrogen and oxygen atoms in total. The molecule has 1 aromatic heterocycles. The fraction of sp³-hybridized carbons (Fsp3) is 0.692. The van der Waals surface area contributed by atoms with Gasteiger partial charge in [0.15, 0.2) is 0 Å². The van der Waals surface area contributed by atoms with Gasteiger partial charge in [-0.1, -0.05) is 25.7 Å². The maximum atomic E-state index is 12.1. The van der Waals surface area contributed by atoms with Crippen molar-refractivity contribution in [2.45, 2.75) is 44.9 Å². The second-order valence-electron chi connectivity index (χ2n) is 5.43. The van der Waals surface area contributed by atoms with Crippen molar-refractivity contribution in [3.05, 3.63) is 6.33 Å². The molecule has 7 heteroatoms. The molecule has 0 bridgehead atoms. The van der Waals surface area contributed by atoms with Gasteiger partial charge in [-0.05, 0) is 12.8 Å². The highest BCUT2D eigenvalue weighted by Crippen LogP contribution is 2.38. The van der Waals surface area contributed by atoms with Crippen molar-refractivity contribution in [2.24, 2.45) is 12.5 Å². The Bertz CT molecular complexity index is 490. The van der Waals surface area contributed by atoms with Gasteiger partial charge in [0.2, 0.25) is 11.9 Å². The number of hydrogen-bond donors (Lipinski definition) is 2. The van der Waals surface area contributed by atoms with Gasteiger partial charge in [0, 0.05) is 13.5 Å². The summed E-state index contributed by atoms with van der Waals surface area (Å²) in [4.78, 5) is 27.6. The number of carbonyl (C=O) groups is 2. The molecule has 0 spiro atoms. The topological polar surface area (TPSA) is 97.1 Å². The van der Waals surface area contributed by atoms with E-state index in [1.807, 2.05) is 0 Å². The zero-order valence-electron chi connectivity index (χ0n) is 11.6. The molecule has 0 unspecified atom stereocenters. The molecule has 110 valence electrons. The molecule has 1 amide bonds. The van der Waals surface area contributed by atoms with E-state index in [0.29, 0.717) is 18.8 Å². The van der Waals surface area contributed by atoms with E-state index in [0.717, 1.165) is 25.7 Å². The van der Waals surface area contributed by atoms with Crippen molar-refractivity contribution in [3.8, 4) is 0 Å². The van der Waals surface area contributed by atoms with Gasteiger partial charge >= 0.3 is 5.97 Å². The molecular formula is C13H20N4O3. The van der Waals surface area contributed by atoms with Crippen LogP contribution in [0, 0.1) is 5.41 Å². The van der Waals surface area contributed by atoms with Crippen LogP contribution in [0.25, 0.3) is 0 Å². The number of aryl methyl sites for hydroxylation is 1. The maximum absolute atomic E-state index is 12.1. The lowest BCUT2D eigenvalue weighted by Gasteiger charge is -2.27. The summed E-state index contributed by atoms with van der Waals surface area (Å²) in [6.45, 7) is 0. The van der Waals surface area contributed by atoms with Gasteiger partial charge in [-0.25, -0.2) is 4.68 Å². The first-order chi connectivity index (χ1) is 9.53. The summed E-state index contributed by atoms with van der Waals surface area (Å²) in [5, 5.41) is 16.0. The number of nitrogens with one attached hydrogen (secondary N) is 1. The van der Waals surface area contributed by atoms with Crippen molar-refractivity contribution >= 4 is 17.8 Å². The zero-order chi connectivity index (χ0) is 14.6. The lowest BCUT2D eigenvalue weighted by atomic mass is 9.77. The van der Waals surface area contributed by atoms with Crippen LogP contribution in [0.2, 0.25) is 0 Å². The summed E-state index contributed by atoms with van der Waals surface area (Å²) >= 11 is 0. The summed E-state index contributed by atoms with van der Waals surface area (Å²) in [5.41, 5.74) is -0.931. The molecule has 1 aromatic rings. The van der Waals surface area contributed by atoms with Gasteiger partial charge in [-0.2, -0.15) is 10.1 Å². The Morgan fingerprint density at radius 3 is 2.50 bits per heavy atom. The first kappa shape index (κ1) is 14.5. The van der Waals surface area contributed by atoms with Gasteiger partial charge in [0.25, 0.3) is 0 Å². The standard InChI is InChI=1S/C13H20N4O3/c1-17-12(14-9-15-17)16-10(18)8-13(11(19)20)6-4-2-3-5-7-13/h9H,2-8H2,1H3,(H,19,20)(H,14,15,16,18). The molecule has 2 N–H and O–H groups in total. The number of aromatic nitrogens is 3. The van der Waals surface area contributed by atoms with E-state index in [4.69, 9.17) is 0 Å². The Morgan fingerprint density at radius 2 is 2.00 bits per heavy atom. The van der Waals surface area contributed by atoms with Crippen LogP contribution in [0.15, 0.2) is 6.33 Å². The fourth-order valence-electron chi connectivity index (χ4n) is 2.76. The predicted molar refractivity (Wildman–Crippen MR) is 72.0 cm³/mol. The van der Waals surface area contributed by atoms with Crippen molar-refractivity contribution in [3.63, 3.8) is 0 Å². The molecule has 0 atom stereocenters. The van der Waals surface area contributed by atoms with E-state index in [2.05, 4.69) is 15.4 Å². The highest BCUT2D eigenvalue weighted by Gasteiger charge is 2.40. The second-order valence-corrected chi connectivity index (χ2v) is 5.43. The Hall–Kier alpha value is -1.92. The van der Waals surface area contributed by atoms with Crippen molar-refractivity contribution in [2.75, 3.05) is 5.32 Å². The van der Waals surface area contributed by atoms with E-state index in [9.17, 15) is 14.7 Å². The molecule has 1 aliphatic carbocycles. The molecule has 0 aliphatic heterocycles. The Morgan fingerprint density at radius 1 is 1.35 bits per heavy atom. The van der Waals surface area contributed by atoms with Crippen LogP contribution in [-0.4, -0.2) is 31.7 Å². The molecule has 1 saturated carbocycles. The number of carbonyl (C=O) groups excluding carboxylic acids is 1. The molecule has 0 radical (unpaired) electrons. The van der Waals surface area contributed by atoms with Crippen molar-refractivity contribution in [1.29, 1.82) is 0 Å². The second kappa shape index (κ2) is 6.02. The summed E-state index contributed by atoms with van der Waals surface area (Å²) < 4.78 is 1.44. The third-order valence-electron chi connectivity index (χ3n) is 3.98. The van der Waals surface area contributed by atoms with Gasteiger partial charge in [-0.15, -0.1) is 0 Å². The van der Waals surface area contributed by atoms with Crippen molar-refractivity contribution in [1.82, 2.24) is 14.8 Å². The minimum absolute atomic E-state index is 0.00477. The highest BCUT2D eigenvalue weighted by atomic mass is 16.4. The van der Waals surface area contributed by atoms with E-state index in [-0.39, 0.29) is 12.3 Å². The monoisotopic (exact) mass is 280 g/mol. The number of hydrogen-bond acceptors (Lipinski definition) is 4.